The van der Waals surface area contributed by atoms with E-state index in [1.165, 1.54) is 33.8 Å². The van der Waals surface area contributed by atoms with Crippen LogP contribution in [-0.2, 0) is 6.18 Å². The number of likely N-dealkylation sites (tertiary alicyclic amines) is 1. The van der Waals surface area contributed by atoms with Gasteiger partial charge in [-0.1, -0.05) is 17.3 Å². The van der Waals surface area contributed by atoms with E-state index in [9.17, 15) is 22.8 Å². The zero-order valence-electron chi connectivity index (χ0n) is 17.4. The minimum atomic E-state index is -4.51. The first-order valence-corrected chi connectivity index (χ1v) is 10.3. The van der Waals surface area contributed by atoms with Gasteiger partial charge in [0.15, 0.2) is 0 Å². The first-order chi connectivity index (χ1) is 16.2. The van der Waals surface area contributed by atoms with Gasteiger partial charge in [-0.05, 0) is 25.0 Å². The van der Waals surface area contributed by atoms with E-state index >= 15 is 0 Å². The van der Waals surface area contributed by atoms with Crippen molar-refractivity contribution < 1.29 is 27.6 Å². The molecular formula is C21H17F3N6O4. The minimum Gasteiger partial charge on any atom is -0.465 e. The first-order valence-electron chi connectivity index (χ1n) is 10.3. The van der Waals surface area contributed by atoms with E-state index < -0.39 is 17.8 Å². The Morgan fingerprint density at radius 1 is 1.21 bits per heavy atom. The van der Waals surface area contributed by atoms with E-state index in [4.69, 9.17) is 9.63 Å². The molecule has 176 valence electrons. The lowest BCUT2D eigenvalue weighted by atomic mass is 9.93. The highest BCUT2D eigenvalue weighted by Gasteiger charge is 2.31. The number of H-pyrrole nitrogens is 1. The number of piperidine rings is 1. The Balaban J connectivity index is 1.49. The maximum absolute atomic E-state index is 13.0. The number of benzene rings is 1. The minimum absolute atomic E-state index is 0.0177. The van der Waals surface area contributed by atoms with Gasteiger partial charge in [0.1, 0.15) is 11.2 Å². The SMILES string of the molecule is O=C(O)N1CCC(c2cc(=O)[nH]c3c(-c4nc(-c5cccc(C(F)(F)F)c5)no4)cnn23)CC1. The van der Waals surface area contributed by atoms with Gasteiger partial charge >= 0.3 is 12.3 Å². The Morgan fingerprint density at radius 3 is 2.68 bits per heavy atom. The number of aromatic nitrogens is 5. The van der Waals surface area contributed by atoms with E-state index in [-0.39, 0.29) is 28.8 Å². The molecule has 5 rings (SSSR count). The number of halogens is 3. The van der Waals surface area contributed by atoms with Crippen LogP contribution in [0.1, 0.15) is 30.0 Å². The Morgan fingerprint density at radius 2 is 1.97 bits per heavy atom. The van der Waals surface area contributed by atoms with Crippen LogP contribution in [-0.4, -0.2) is 53.9 Å². The van der Waals surface area contributed by atoms with Crippen LogP contribution in [0.4, 0.5) is 18.0 Å². The lowest BCUT2D eigenvalue weighted by Crippen LogP contribution is -2.37. The molecule has 0 spiro atoms. The van der Waals surface area contributed by atoms with E-state index in [2.05, 4.69) is 20.2 Å². The van der Waals surface area contributed by atoms with Crippen LogP contribution in [0.5, 0.6) is 0 Å². The summed E-state index contributed by atoms with van der Waals surface area (Å²) in [4.78, 5) is 31.8. The van der Waals surface area contributed by atoms with Gasteiger partial charge < -0.3 is 19.5 Å². The quantitative estimate of drug-likeness (QED) is 0.464. The fourth-order valence-corrected chi connectivity index (χ4v) is 4.11. The van der Waals surface area contributed by atoms with Crippen molar-refractivity contribution in [2.75, 3.05) is 13.1 Å². The van der Waals surface area contributed by atoms with Crippen LogP contribution in [0.25, 0.3) is 28.5 Å². The predicted octanol–water partition coefficient (Wildman–Crippen LogP) is 3.62. The number of amides is 1. The van der Waals surface area contributed by atoms with Crippen LogP contribution in [0.2, 0.25) is 0 Å². The number of nitrogens with zero attached hydrogens (tertiary/aromatic N) is 5. The molecule has 1 aliphatic rings. The molecule has 3 aromatic heterocycles. The zero-order valence-corrected chi connectivity index (χ0v) is 17.4. The van der Waals surface area contributed by atoms with Gasteiger partial charge in [0, 0.05) is 30.6 Å². The second kappa shape index (κ2) is 8.01. The highest BCUT2D eigenvalue weighted by Crippen LogP contribution is 2.33. The summed E-state index contributed by atoms with van der Waals surface area (Å²) in [6.45, 7) is 0.679. The van der Waals surface area contributed by atoms with Crippen LogP contribution in [0, 0.1) is 0 Å². The fourth-order valence-electron chi connectivity index (χ4n) is 4.11. The third kappa shape index (κ3) is 3.89. The molecule has 4 heterocycles. The van der Waals surface area contributed by atoms with Crippen molar-refractivity contribution in [2.24, 2.45) is 0 Å². The number of fused-ring (bicyclic) bond motifs is 1. The summed E-state index contributed by atoms with van der Waals surface area (Å²) in [5, 5.41) is 17.3. The molecule has 34 heavy (non-hydrogen) atoms. The van der Waals surface area contributed by atoms with Gasteiger partial charge in [-0.3, -0.25) is 4.79 Å². The fraction of sp³-hybridized carbons (Fsp3) is 0.286. The van der Waals surface area contributed by atoms with Gasteiger partial charge in [0.05, 0.1) is 17.5 Å². The van der Waals surface area contributed by atoms with Crippen molar-refractivity contribution in [2.45, 2.75) is 24.9 Å². The Labute approximate surface area is 188 Å². The second-order valence-corrected chi connectivity index (χ2v) is 7.92. The number of hydrogen-bond donors (Lipinski definition) is 2. The second-order valence-electron chi connectivity index (χ2n) is 7.92. The maximum atomic E-state index is 13.0. The van der Waals surface area contributed by atoms with Crippen molar-refractivity contribution in [1.82, 2.24) is 29.6 Å². The average Bonchev–Trinajstić information content (AvgIpc) is 3.45. The lowest BCUT2D eigenvalue weighted by molar-refractivity contribution is -0.137. The number of carbonyl (C=O) groups is 1. The molecule has 4 aromatic rings. The zero-order chi connectivity index (χ0) is 24.0. The normalized spacial score (nSPS) is 15.2. The molecular weight excluding hydrogens is 457 g/mol. The molecule has 0 aliphatic carbocycles. The number of rotatable bonds is 3. The van der Waals surface area contributed by atoms with Crippen molar-refractivity contribution in [3.8, 4) is 22.8 Å². The molecule has 0 unspecified atom stereocenters. The number of nitrogens with one attached hydrogen (secondary N) is 1. The van der Waals surface area contributed by atoms with Crippen LogP contribution < -0.4 is 5.56 Å². The molecule has 0 atom stereocenters. The van der Waals surface area contributed by atoms with Gasteiger partial charge in [0.2, 0.25) is 5.82 Å². The van der Waals surface area contributed by atoms with Gasteiger partial charge in [-0.25, -0.2) is 9.31 Å². The third-order valence-electron chi connectivity index (χ3n) is 5.82. The molecule has 0 saturated carbocycles. The Bertz CT molecular complexity index is 1430. The molecule has 1 aliphatic heterocycles. The molecule has 10 nitrogen and oxygen atoms in total. The average molecular weight is 474 g/mol. The van der Waals surface area contributed by atoms with Gasteiger partial charge in [0.25, 0.3) is 11.4 Å². The third-order valence-corrected chi connectivity index (χ3v) is 5.82. The molecule has 0 bridgehead atoms. The smallest absolute Gasteiger partial charge is 0.416 e. The molecule has 1 amide bonds. The highest BCUT2D eigenvalue weighted by molar-refractivity contribution is 5.72. The molecule has 2 N–H and O–H groups in total. The highest BCUT2D eigenvalue weighted by atomic mass is 19.4. The lowest BCUT2D eigenvalue weighted by Gasteiger charge is -2.30. The summed E-state index contributed by atoms with van der Waals surface area (Å²) in [5.74, 6) is -0.146. The molecule has 1 fully saturated rings. The largest absolute Gasteiger partial charge is 0.465 e. The summed E-state index contributed by atoms with van der Waals surface area (Å²) < 4.78 is 45.9. The monoisotopic (exact) mass is 474 g/mol. The van der Waals surface area contributed by atoms with E-state index in [1.54, 1.807) is 0 Å². The van der Waals surface area contributed by atoms with Crippen LogP contribution in [0.3, 0.4) is 0 Å². The van der Waals surface area contributed by atoms with Crippen molar-refractivity contribution in [3.63, 3.8) is 0 Å². The van der Waals surface area contributed by atoms with Gasteiger partial charge in [-0.2, -0.15) is 23.3 Å². The molecule has 0 radical (unpaired) electrons. The number of aromatic amines is 1. The maximum Gasteiger partial charge on any atom is 0.416 e. The number of hydrogen-bond acceptors (Lipinski definition) is 6. The van der Waals surface area contributed by atoms with Crippen LogP contribution >= 0.6 is 0 Å². The topological polar surface area (TPSA) is 130 Å². The van der Waals surface area contributed by atoms with Gasteiger partial charge in [-0.15, -0.1) is 0 Å². The van der Waals surface area contributed by atoms with E-state index in [0.717, 1.165) is 12.1 Å². The summed E-state index contributed by atoms with van der Waals surface area (Å²) in [6, 6.07) is 5.98. The predicted molar refractivity (Wildman–Crippen MR) is 111 cm³/mol. The van der Waals surface area contributed by atoms with E-state index in [1.807, 2.05) is 0 Å². The van der Waals surface area contributed by atoms with Crippen molar-refractivity contribution in [3.05, 3.63) is 58.1 Å². The number of alkyl halides is 3. The molecule has 1 aromatic carbocycles. The molecule has 13 heteroatoms. The van der Waals surface area contributed by atoms with Crippen molar-refractivity contribution in [1.29, 1.82) is 0 Å². The number of carboxylic acid groups (broad SMARTS) is 1. The Kier molecular flexibility index (Phi) is 5.10. The summed E-state index contributed by atoms with van der Waals surface area (Å²) in [6.07, 6.45) is -3.02. The van der Waals surface area contributed by atoms with Crippen LogP contribution in [0.15, 0.2) is 45.8 Å². The molecule has 1 saturated heterocycles. The Hall–Kier alpha value is -4.16. The summed E-state index contributed by atoms with van der Waals surface area (Å²) in [7, 11) is 0. The van der Waals surface area contributed by atoms with E-state index in [0.29, 0.717) is 42.8 Å². The summed E-state index contributed by atoms with van der Waals surface area (Å²) in [5.41, 5.74) is 0.126. The standard InChI is InChI=1S/C21H17F3N6O4/c22-21(23,24)13-3-1-2-12(8-13)17-27-19(34-28-17)14-10-25-30-15(9-16(31)26-18(14)30)11-4-6-29(7-5-11)20(32)33/h1-3,8-11H,4-7H2,(H,26,31)(H,32,33). The summed E-state index contributed by atoms with van der Waals surface area (Å²) >= 11 is 0. The first kappa shape index (κ1) is 21.7. The van der Waals surface area contributed by atoms with Crippen molar-refractivity contribution >= 4 is 11.7 Å².